The maximum Gasteiger partial charge on any atom is 0.326 e. The molecule has 6 aromatic rings. The second-order valence-corrected chi connectivity index (χ2v) is 11.3. The number of fused-ring (bicyclic) bond motifs is 1. The van der Waals surface area contributed by atoms with Crippen LogP contribution in [0.4, 0.5) is 11.7 Å². The first-order chi connectivity index (χ1) is 23.4. The third-order valence-electron chi connectivity index (χ3n) is 7.81. The van der Waals surface area contributed by atoms with Gasteiger partial charge in [0.2, 0.25) is 0 Å². The first-order valence-corrected chi connectivity index (χ1v) is 15.6. The van der Waals surface area contributed by atoms with E-state index in [1.165, 1.54) is 0 Å². The van der Waals surface area contributed by atoms with Gasteiger partial charge in [-0.25, -0.2) is 4.79 Å². The molecule has 0 fully saturated rings. The third-order valence-corrected chi connectivity index (χ3v) is 7.81. The number of aromatic nitrogens is 1. The minimum atomic E-state index is -1.03. The van der Waals surface area contributed by atoms with Crippen molar-refractivity contribution in [2.75, 3.05) is 30.4 Å². The summed E-state index contributed by atoms with van der Waals surface area (Å²) in [5, 5.41) is 13.2. The zero-order valence-electron chi connectivity index (χ0n) is 26.4. The summed E-state index contributed by atoms with van der Waals surface area (Å²) < 4.78 is 17.6. The van der Waals surface area contributed by atoms with Gasteiger partial charge in [-0.2, -0.15) is 4.98 Å². The molecule has 0 aliphatic rings. The van der Waals surface area contributed by atoms with E-state index in [0.717, 1.165) is 22.2 Å². The average Bonchev–Trinajstić information content (AvgIpc) is 3.56. The summed E-state index contributed by atoms with van der Waals surface area (Å²) in [6.45, 7) is 1.34. The molecule has 2 N–H and O–H groups in total. The van der Waals surface area contributed by atoms with Crippen LogP contribution in [0.3, 0.4) is 0 Å². The molecule has 0 saturated heterocycles. The largest absolute Gasteiger partial charge is 0.492 e. The molecule has 0 aliphatic carbocycles. The van der Waals surface area contributed by atoms with E-state index in [-0.39, 0.29) is 12.2 Å². The lowest BCUT2D eigenvalue weighted by Gasteiger charge is -2.19. The Balaban J connectivity index is 1.06. The van der Waals surface area contributed by atoms with E-state index in [1.54, 1.807) is 48.5 Å². The summed E-state index contributed by atoms with van der Waals surface area (Å²) in [5.41, 5.74) is 4.61. The van der Waals surface area contributed by atoms with E-state index >= 15 is 0 Å². The molecule has 1 atom stereocenters. The van der Waals surface area contributed by atoms with Gasteiger partial charge >= 0.3 is 5.97 Å². The number of carbonyl (C=O) groups is 2. The van der Waals surface area contributed by atoms with Crippen molar-refractivity contribution in [2.45, 2.75) is 19.1 Å². The number of carboxylic acid groups (broad SMARTS) is 1. The van der Waals surface area contributed by atoms with Crippen molar-refractivity contribution in [1.82, 2.24) is 4.98 Å². The van der Waals surface area contributed by atoms with Gasteiger partial charge in [-0.1, -0.05) is 78.9 Å². The second-order valence-electron chi connectivity index (χ2n) is 11.3. The van der Waals surface area contributed by atoms with Crippen molar-refractivity contribution in [3.05, 3.63) is 150 Å². The monoisotopic (exact) mass is 641 g/mol. The number of para-hydroxylation sites is 3. The zero-order valence-corrected chi connectivity index (χ0v) is 26.4. The van der Waals surface area contributed by atoms with Gasteiger partial charge in [0.1, 0.15) is 36.3 Å². The smallest absolute Gasteiger partial charge is 0.326 e. The molecule has 1 unspecified atom stereocenters. The van der Waals surface area contributed by atoms with E-state index in [1.807, 2.05) is 90.8 Å². The third kappa shape index (κ3) is 8.00. The number of carboxylic acids is 1. The molecule has 9 heteroatoms. The van der Waals surface area contributed by atoms with E-state index in [9.17, 15) is 14.7 Å². The Morgan fingerprint density at radius 1 is 0.812 bits per heavy atom. The van der Waals surface area contributed by atoms with Crippen LogP contribution in [0, 0.1) is 0 Å². The Morgan fingerprint density at radius 2 is 1.56 bits per heavy atom. The number of rotatable bonds is 15. The van der Waals surface area contributed by atoms with E-state index in [4.69, 9.17) is 13.9 Å². The quantitative estimate of drug-likeness (QED) is 0.112. The number of anilines is 2. The number of benzene rings is 5. The topological polar surface area (TPSA) is 114 Å². The average molecular weight is 642 g/mol. The van der Waals surface area contributed by atoms with Gasteiger partial charge in [-0.05, 0) is 59.7 Å². The molecule has 0 bridgehead atoms. The highest BCUT2D eigenvalue weighted by Gasteiger charge is 2.22. The summed E-state index contributed by atoms with van der Waals surface area (Å²) in [4.78, 5) is 32.3. The predicted molar refractivity (Wildman–Crippen MR) is 185 cm³/mol. The van der Waals surface area contributed by atoms with Crippen LogP contribution < -0.4 is 19.7 Å². The number of carbonyl (C=O) groups excluding carboxylic acids is 1. The van der Waals surface area contributed by atoms with Crippen LogP contribution in [0.5, 0.6) is 11.5 Å². The van der Waals surface area contributed by atoms with E-state index in [2.05, 4.69) is 10.3 Å². The van der Waals surface area contributed by atoms with Crippen molar-refractivity contribution in [3.63, 3.8) is 0 Å². The zero-order chi connectivity index (χ0) is 33.3. The fourth-order valence-corrected chi connectivity index (χ4v) is 5.20. The number of nitrogens with one attached hydrogen (secondary N) is 1. The fraction of sp³-hybridized carbons (Fsp3) is 0.154. The molecule has 1 aromatic heterocycles. The minimum Gasteiger partial charge on any atom is -0.492 e. The molecule has 1 heterocycles. The first-order valence-electron chi connectivity index (χ1n) is 15.6. The molecule has 0 radical (unpaired) electrons. The number of hydrogen-bond acceptors (Lipinski definition) is 8. The van der Waals surface area contributed by atoms with E-state index < -0.39 is 12.0 Å². The highest BCUT2D eigenvalue weighted by Crippen LogP contribution is 2.25. The van der Waals surface area contributed by atoms with Crippen LogP contribution in [-0.4, -0.2) is 48.1 Å². The number of oxazole rings is 1. The van der Waals surface area contributed by atoms with Crippen LogP contribution in [0.25, 0.3) is 11.1 Å². The van der Waals surface area contributed by atoms with Gasteiger partial charge in [-0.15, -0.1) is 0 Å². The molecule has 6 rings (SSSR count). The summed E-state index contributed by atoms with van der Waals surface area (Å²) >= 11 is 0. The van der Waals surface area contributed by atoms with Crippen LogP contribution in [0.2, 0.25) is 0 Å². The Bertz CT molecular complexity index is 1960. The van der Waals surface area contributed by atoms with Crippen molar-refractivity contribution in [1.29, 1.82) is 0 Å². The maximum absolute atomic E-state index is 13.6. The molecule has 0 saturated carbocycles. The minimum absolute atomic E-state index is 0.196. The number of ketones is 1. The van der Waals surface area contributed by atoms with Crippen LogP contribution in [-0.2, 0) is 17.8 Å². The number of ether oxygens (including phenoxy) is 2. The molecule has 0 spiro atoms. The van der Waals surface area contributed by atoms with Gasteiger partial charge in [0.25, 0.3) is 6.01 Å². The lowest BCUT2D eigenvalue weighted by Crippen LogP contribution is -2.32. The molecule has 48 heavy (non-hydrogen) atoms. The summed E-state index contributed by atoms with van der Waals surface area (Å²) in [5.74, 6) is -0.0385. The molecule has 242 valence electrons. The van der Waals surface area contributed by atoms with Crippen molar-refractivity contribution < 1.29 is 28.6 Å². The Kier molecular flexibility index (Phi) is 9.96. The normalized spacial score (nSPS) is 11.5. The first kappa shape index (κ1) is 31.9. The van der Waals surface area contributed by atoms with Gasteiger partial charge in [0.15, 0.2) is 11.4 Å². The van der Waals surface area contributed by atoms with Crippen LogP contribution in [0.1, 0.15) is 27.0 Å². The van der Waals surface area contributed by atoms with Crippen LogP contribution >= 0.6 is 0 Å². The molecular weight excluding hydrogens is 606 g/mol. The number of hydrogen-bond donors (Lipinski definition) is 2. The molecule has 0 aliphatic heterocycles. The highest BCUT2D eigenvalue weighted by molar-refractivity contribution is 6.12. The van der Waals surface area contributed by atoms with Crippen molar-refractivity contribution in [3.8, 4) is 11.5 Å². The van der Waals surface area contributed by atoms with Crippen molar-refractivity contribution in [2.24, 2.45) is 0 Å². The second kappa shape index (κ2) is 15.0. The Morgan fingerprint density at radius 3 is 2.35 bits per heavy atom. The summed E-state index contributed by atoms with van der Waals surface area (Å²) in [6.07, 6.45) is 0.196. The summed E-state index contributed by atoms with van der Waals surface area (Å²) in [7, 11) is 1.89. The number of likely N-dealkylation sites (N-methyl/N-ethyl adjacent to an activating group) is 1. The Labute approximate surface area is 278 Å². The standard InChI is InChI=1S/C39H35N3O6/c1-42(39-41-34-16-7-8-17-36(34)48-39)22-23-46-30-20-18-27(19-21-30)24-35(38(44)45)40-33-15-6-5-14-32(33)37(43)29-12-9-13-31(25-29)47-26-28-10-3-2-4-11-28/h2-21,25,35,40H,22-24,26H2,1H3,(H,44,45). The number of nitrogens with zero attached hydrogens (tertiary/aromatic N) is 2. The fourth-order valence-electron chi connectivity index (χ4n) is 5.20. The maximum atomic E-state index is 13.6. The summed E-state index contributed by atoms with van der Waals surface area (Å²) in [6, 6.07) is 38.2. The van der Waals surface area contributed by atoms with Gasteiger partial charge in [-0.3, -0.25) is 4.79 Å². The molecule has 5 aromatic carbocycles. The van der Waals surface area contributed by atoms with E-state index in [0.29, 0.717) is 54.1 Å². The molecule has 0 amide bonds. The number of aliphatic carboxylic acids is 1. The van der Waals surface area contributed by atoms with Gasteiger partial charge < -0.3 is 29.2 Å². The van der Waals surface area contributed by atoms with Gasteiger partial charge in [0.05, 0.1) is 6.54 Å². The van der Waals surface area contributed by atoms with Gasteiger partial charge in [0, 0.05) is 30.3 Å². The van der Waals surface area contributed by atoms with Crippen LogP contribution in [0.15, 0.2) is 132 Å². The molecule has 9 nitrogen and oxygen atoms in total. The van der Waals surface area contributed by atoms with Crippen molar-refractivity contribution >= 4 is 34.6 Å². The lowest BCUT2D eigenvalue weighted by atomic mass is 10.00. The molecular formula is C39H35N3O6. The predicted octanol–water partition coefficient (Wildman–Crippen LogP) is 7.26. The SMILES string of the molecule is CN(CCOc1ccc(CC(Nc2ccccc2C(=O)c2cccc(OCc3ccccc3)c2)C(=O)O)cc1)c1nc2ccccc2o1. The highest BCUT2D eigenvalue weighted by atomic mass is 16.5. The lowest BCUT2D eigenvalue weighted by molar-refractivity contribution is -0.137. The Hall–Kier alpha value is -6.09.